The van der Waals surface area contributed by atoms with E-state index in [1.165, 1.54) is 5.56 Å². The van der Waals surface area contributed by atoms with Crippen molar-refractivity contribution in [2.75, 3.05) is 0 Å². The van der Waals surface area contributed by atoms with Crippen LogP contribution in [0.2, 0.25) is 0 Å². The Balaban J connectivity index is 2.50. The number of nitrogens with one attached hydrogen (secondary N) is 1. The van der Waals surface area contributed by atoms with Gasteiger partial charge in [0.05, 0.1) is 23.5 Å². The summed E-state index contributed by atoms with van der Waals surface area (Å²) in [7, 11) is 0. The Morgan fingerprint density at radius 2 is 2.36 bits per heavy atom. The van der Waals surface area contributed by atoms with E-state index in [1.54, 1.807) is 0 Å². The molecule has 2 rings (SSSR count). The molecule has 14 heavy (non-hydrogen) atoms. The minimum Gasteiger partial charge on any atom is -0.341 e. The number of aromatic nitrogens is 2. The maximum Gasteiger partial charge on any atom is 0.121 e. The van der Waals surface area contributed by atoms with Crippen molar-refractivity contribution in [3.8, 4) is 6.07 Å². The van der Waals surface area contributed by atoms with Crippen molar-refractivity contribution in [2.24, 2.45) is 0 Å². The van der Waals surface area contributed by atoms with Gasteiger partial charge in [0, 0.05) is 0 Å². The highest BCUT2D eigenvalue weighted by Crippen LogP contribution is 2.14. The van der Waals surface area contributed by atoms with Crippen LogP contribution in [0, 0.1) is 11.3 Å². The zero-order valence-electron chi connectivity index (χ0n) is 8.04. The molecule has 0 fully saturated rings. The Bertz CT molecular complexity index is 491. The number of benzene rings is 1. The fraction of sp³-hybridized carbons (Fsp3) is 0.273. The number of fused-ring (bicyclic) bond motifs is 1. The van der Waals surface area contributed by atoms with Crippen LogP contribution in [0.1, 0.15) is 18.3 Å². The molecule has 3 heteroatoms. The SMILES string of the molecule is CCc1ccc2nc(CC#N)[nH]c2c1. The first-order chi connectivity index (χ1) is 6.83. The molecule has 1 heterocycles. The van der Waals surface area contributed by atoms with Crippen LogP contribution in [0.15, 0.2) is 18.2 Å². The van der Waals surface area contributed by atoms with Crippen molar-refractivity contribution >= 4 is 11.0 Å². The third kappa shape index (κ3) is 1.47. The maximum absolute atomic E-state index is 8.54. The molecule has 0 unspecified atom stereocenters. The number of rotatable bonds is 2. The van der Waals surface area contributed by atoms with Crippen molar-refractivity contribution in [3.05, 3.63) is 29.6 Å². The molecule has 2 aromatic rings. The monoisotopic (exact) mass is 185 g/mol. The number of hydrogen-bond acceptors (Lipinski definition) is 2. The molecule has 1 N–H and O–H groups in total. The summed E-state index contributed by atoms with van der Waals surface area (Å²) >= 11 is 0. The smallest absolute Gasteiger partial charge is 0.121 e. The summed E-state index contributed by atoms with van der Waals surface area (Å²) in [5, 5.41) is 8.54. The lowest BCUT2D eigenvalue weighted by atomic mass is 10.1. The first kappa shape index (κ1) is 8.76. The number of nitrogens with zero attached hydrogens (tertiary/aromatic N) is 2. The van der Waals surface area contributed by atoms with Crippen LogP contribution in [0.25, 0.3) is 11.0 Å². The second kappa shape index (κ2) is 3.51. The summed E-state index contributed by atoms with van der Waals surface area (Å²) in [6.45, 7) is 2.12. The molecule has 70 valence electrons. The number of aromatic amines is 1. The van der Waals surface area contributed by atoms with Crippen LogP contribution in [0.4, 0.5) is 0 Å². The fourth-order valence-corrected chi connectivity index (χ4v) is 1.49. The molecule has 0 aliphatic carbocycles. The van der Waals surface area contributed by atoms with Gasteiger partial charge >= 0.3 is 0 Å². The van der Waals surface area contributed by atoms with Gasteiger partial charge in [0.1, 0.15) is 5.82 Å². The first-order valence-electron chi connectivity index (χ1n) is 4.68. The average Bonchev–Trinajstić information content (AvgIpc) is 2.59. The van der Waals surface area contributed by atoms with E-state index in [4.69, 9.17) is 5.26 Å². The van der Waals surface area contributed by atoms with E-state index in [1.807, 2.05) is 6.07 Å². The minimum absolute atomic E-state index is 0.343. The van der Waals surface area contributed by atoms with Gasteiger partial charge < -0.3 is 4.98 Å². The van der Waals surface area contributed by atoms with Gasteiger partial charge in [-0.1, -0.05) is 13.0 Å². The van der Waals surface area contributed by atoms with E-state index < -0.39 is 0 Å². The van der Waals surface area contributed by atoms with Gasteiger partial charge in [0.2, 0.25) is 0 Å². The summed E-state index contributed by atoms with van der Waals surface area (Å²) in [6, 6.07) is 8.23. The van der Waals surface area contributed by atoms with Gasteiger partial charge in [0.15, 0.2) is 0 Å². The number of imidazole rings is 1. The highest BCUT2D eigenvalue weighted by Gasteiger charge is 2.02. The molecule has 0 aliphatic rings. The molecule has 0 aliphatic heterocycles. The van der Waals surface area contributed by atoms with Crippen molar-refractivity contribution in [2.45, 2.75) is 19.8 Å². The average molecular weight is 185 g/mol. The summed E-state index contributed by atoms with van der Waals surface area (Å²) in [5.41, 5.74) is 3.24. The predicted molar refractivity (Wildman–Crippen MR) is 54.8 cm³/mol. The van der Waals surface area contributed by atoms with E-state index in [0.717, 1.165) is 23.3 Å². The molecule has 0 saturated carbocycles. The Hall–Kier alpha value is -1.82. The number of aryl methyl sites for hydroxylation is 1. The van der Waals surface area contributed by atoms with Gasteiger partial charge in [-0.3, -0.25) is 0 Å². The van der Waals surface area contributed by atoms with Crippen molar-refractivity contribution < 1.29 is 0 Å². The lowest BCUT2D eigenvalue weighted by Gasteiger charge is -1.93. The van der Waals surface area contributed by atoms with Crippen LogP contribution in [-0.4, -0.2) is 9.97 Å². The third-order valence-corrected chi connectivity index (χ3v) is 2.25. The van der Waals surface area contributed by atoms with E-state index >= 15 is 0 Å². The van der Waals surface area contributed by atoms with Crippen LogP contribution < -0.4 is 0 Å². The highest BCUT2D eigenvalue weighted by atomic mass is 14.9. The number of H-pyrrole nitrogens is 1. The van der Waals surface area contributed by atoms with Crippen LogP contribution in [0.3, 0.4) is 0 Å². The van der Waals surface area contributed by atoms with Crippen molar-refractivity contribution in [1.29, 1.82) is 5.26 Å². The van der Waals surface area contributed by atoms with Crippen molar-refractivity contribution in [3.63, 3.8) is 0 Å². The lowest BCUT2D eigenvalue weighted by Crippen LogP contribution is -1.82. The van der Waals surface area contributed by atoms with Crippen LogP contribution >= 0.6 is 0 Å². The highest BCUT2D eigenvalue weighted by molar-refractivity contribution is 5.75. The number of hydrogen-bond donors (Lipinski definition) is 1. The minimum atomic E-state index is 0.343. The zero-order valence-corrected chi connectivity index (χ0v) is 8.04. The molecule has 0 radical (unpaired) electrons. The summed E-state index contributed by atoms with van der Waals surface area (Å²) < 4.78 is 0. The van der Waals surface area contributed by atoms with E-state index in [2.05, 4.69) is 35.1 Å². The molecule has 0 spiro atoms. The molecule has 0 amide bonds. The molecule has 0 saturated heterocycles. The summed E-state index contributed by atoms with van der Waals surface area (Å²) in [4.78, 5) is 7.44. The van der Waals surface area contributed by atoms with E-state index in [9.17, 15) is 0 Å². The second-order valence-electron chi connectivity index (χ2n) is 3.22. The molecule has 3 nitrogen and oxygen atoms in total. The summed E-state index contributed by atoms with van der Waals surface area (Å²) in [6.07, 6.45) is 1.36. The molecule has 0 atom stereocenters. The fourth-order valence-electron chi connectivity index (χ4n) is 1.49. The Morgan fingerprint density at radius 1 is 1.50 bits per heavy atom. The topological polar surface area (TPSA) is 52.5 Å². The van der Waals surface area contributed by atoms with Crippen LogP contribution in [-0.2, 0) is 12.8 Å². The van der Waals surface area contributed by atoms with Gasteiger partial charge in [-0.25, -0.2) is 4.98 Å². The van der Waals surface area contributed by atoms with Crippen molar-refractivity contribution in [1.82, 2.24) is 9.97 Å². The Morgan fingerprint density at radius 3 is 3.07 bits per heavy atom. The van der Waals surface area contributed by atoms with Gasteiger partial charge in [-0.05, 0) is 24.1 Å². The molecule has 0 bridgehead atoms. The summed E-state index contributed by atoms with van der Waals surface area (Å²) in [5.74, 6) is 0.746. The van der Waals surface area contributed by atoms with E-state index in [-0.39, 0.29) is 0 Å². The van der Waals surface area contributed by atoms with Crippen LogP contribution in [0.5, 0.6) is 0 Å². The molecule has 1 aromatic heterocycles. The first-order valence-corrected chi connectivity index (χ1v) is 4.68. The Kier molecular flexibility index (Phi) is 2.19. The Labute approximate surface area is 82.4 Å². The third-order valence-electron chi connectivity index (χ3n) is 2.25. The van der Waals surface area contributed by atoms with Gasteiger partial charge in [0.25, 0.3) is 0 Å². The second-order valence-corrected chi connectivity index (χ2v) is 3.22. The quantitative estimate of drug-likeness (QED) is 0.779. The predicted octanol–water partition coefficient (Wildman–Crippen LogP) is 2.19. The van der Waals surface area contributed by atoms with Gasteiger partial charge in [-0.2, -0.15) is 5.26 Å². The maximum atomic E-state index is 8.54. The standard InChI is InChI=1S/C11H11N3/c1-2-8-3-4-9-10(7-8)14-11(13-9)5-6-12/h3-4,7H,2,5H2,1H3,(H,13,14). The molecule has 1 aromatic carbocycles. The largest absolute Gasteiger partial charge is 0.341 e. The van der Waals surface area contributed by atoms with Gasteiger partial charge in [-0.15, -0.1) is 0 Å². The normalized spacial score (nSPS) is 10.3. The van der Waals surface area contributed by atoms with E-state index in [0.29, 0.717) is 6.42 Å². The number of nitriles is 1. The molecular weight excluding hydrogens is 174 g/mol. The lowest BCUT2D eigenvalue weighted by molar-refractivity contribution is 1.08. The zero-order chi connectivity index (χ0) is 9.97. The molecular formula is C11H11N3.